The minimum Gasteiger partial charge on any atom is -0.252 e. The molecule has 10 rings (SSSR count). The van der Waals surface area contributed by atoms with Crippen LogP contribution in [-0.4, -0.2) is 9.97 Å². The van der Waals surface area contributed by atoms with Gasteiger partial charge in [0, 0.05) is 48.9 Å². The van der Waals surface area contributed by atoms with Crippen LogP contribution in [0.1, 0.15) is 0 Å². The Morgan fingerprint density at radius 1 is 0.327 bits per heavy atom. The average Bonchev–Trinajstić information content (AvgIpc) is 3.56. The van der Waals surface area contributed by atoms with Crippen LogP contribution < -0.4 is 0 Å². The Balaban J connectivity index is 1.13. The summed E-state index contributed by atoms with van der Waals surface area (Å²) >= 11 is 1.88. The van der Waals surface area contributed by atoms with Crippen LogP contribution in [0.4, 0.5) is 0 Å². The van der Waals surface area contributed by atoms with Gasteiger partial charge >= 0.3 is 0 Å². The van der Waals surface area contributed by atoms with Crippen molar-refractivity contribution in [2.45, 2.75) is 0 Å². The summed E-state index contributed by atoms with van der Waals surface area (Å²) in [5.74, 6) is 0. The molecule has 0 aliphatic heterocycles. The molecule has 0 amide bonds. The van der Waals surface area contributed by atoms with Gasteiger partial charge in [-0.05, 0) is 80.0 Å². The van der Waals surface area contributed by atoms with E-state index in [1.54, 1.807) is 12.4 Å². The van der Waals surface area contributed by atoms with Crippen molar-refractivity contribution in [1.29, 1.82) is 0 Å². The summed E-state index contributed by atoms with van der Waals surface area (Å²) in [5.41, 5.74) is 11.7. The highest BCUT2D eigenvalue weighted by molar-refractivity contribution is 7.26. The van der Waals surface area contributed by atoms with Gasteiger partial charge in [-0.2, -0.15) is 0 Å². The Kier molecular flexibility index (Phi) is 6.39. The van der Waals surface area contributed by atoms with Gasteiger partial charge in [-0.15, -0.1) is 11.3 Å². The second-order valence-corrected chi connectivity index (χ2v) is 13.6. The lowest BCUT2D eigenvalue weighted by molar-refractivity contribution is 1.31. The van der Waals surface area contributed by atoms with E-state index in [9.17, 15) is 0 Å². The van der Waals surface area contributed by atoms with E-state index in [-0.39, 0.29) is 0 Å². The summed E-state index contributed by atoms with van der Waals surface area (Å²) in [4.78, 5) is 9.43. The first kappa shape index (κ1) is 27.9. The molecule has 3 heteroatoms. The molecule has 0 aliphatic rings. The quantitative estimate of drug-likeness (QED) is 0.179. The Labute approximate surface area is 287 Å². The first-order chi connectivity index (χ1) is 24.3. The van der Waals surface area contributed by atoms with Crippen molar-refractivity contribution in [1.82, 2.24) is 9.97 Å². The van der Waals surface area contributed by atoms with Crippen molar-refractivity contribution in [3.05, 3.63) is 170 Å². The van der Waals surface area contributed by atoms with Gasteiger partial charge in [-0.1, -0.05) is 127 Å². The highest BCUT2D eigenvalue weighted by Crippen LogP contribution is 2.44. The fourth-order valence-corrected chi connectivity index (χ4v) is 8.55. The molecule has 2 heterocycles. The Bertz CT molecular complexity index is 2820. The second-order valence-electron chi connectivity index (χ2n) is 12.6. The maximum absolute atomic E-state index is 4.74. The van der Waals surface area contributed by atoms with Crippen LogP contribution in [0.3, 0.4) is 0 Å². The highest BCUT2D eigenvalue weighted by Gasteiger charge is 2.16. The van der Waals surface area contributed by atoms with E-state index in [0.29, 0.717) is 0 Å². The largest absolute Gasteiger partial charge is 0.252 e. The standard InChI is InChI=1S/C46H28N2S/c1-3-9-29(10-4-1)34-20-22-43-41(26-34)42-28-35(30-11-5-2-6-12-30)27-39(46(42)49-43)32-17-15-31(16-18-32)33-19-21-38-40(25-33)36-13-7-8-14-37(36)44-45(38)48-24-23-47-44/h1-28H. The van der Waals surface area contributed by atoms with Crippen LogP contribution in [-0.2, 0) is 0 Å². The summed E-state index contributed by atoms with van der Waals surface area (Å²) in [5, 5.41) is 7.26. The first-order valence-corrected chi connectivity index (χ1v) is 17.4. The molecule has 10 aromatic rings. The van der Waals surface area contributed by atoms with Crippen LogP contribution in [0, 0.1) is 0 Å². The molecule has 0 radical (unpaired) electrons. The first-order valence-electron chi connectivity index (χ1n) is 16.6. The molecule has 8 aromatic carbocycles. The van der Waals surface area contributed by atoms with E-state index < -0.39 is 0 Å². The number of aromatic nitrogens is 2. The predicted octanol–water partition coefficient (Wildman–Crippen LogP) is 13.0. The SMILES string of the molecule is c1ccc(-c2ccc3sc4c(-c5ccc(-c6ccc7c(c6)c6ccccc6c6nccnc76)cc5)cc(-c5ccccc5)cc4c3c2)cc1. The topological polar surface area (TPSA) is 25.8 Å². The monoisotopic (exact) mass is 640 g/mol. The van der Waals surface area contributed by atoms with Crippen LogP contribution >= 0.6 is 11.3 Å². The Hall–Kier alpha value is -6.16. The van der Waals surface area contributed by atoms with E-state index >= 15 is 0 Å². The fraction of sp³-hybridized carbons (Fsp3) is 0. The zero-order valence-corrected chi connectivity index (χ0v) is 27.3. The van der Waals surface area contributed by atoms with Crippen LogP contribution in [0.2, 0.25) is 0 Å². The number of benzene rings is 8. The lowest BCUT2D eigenvalue weighted by Gasteiger charge is -2.12. The molecule has 49 heavy (non-hydrogen) atoms. The van der Waals surface area contributed by atoms with Crippen molar-refractivity contribution in [2.24, 2.45) is 0 Å². The zero-order valence-electron chi connectivity index (χ0n) is 26.5. The van der Waals surface area contributed by atoms with E-state index in [1.165, 1.54) is 75.5 Å². The van der Waals surface area contributed by atoms with E-state index in [2.05, 4.69) is 158 Å². The summed E-state index contributed by atoms with van der Waals surface area (Å²) in [7, 11) is 0. The molecule has 2 aromatic heterocycles. The predicted molar refractivity (Wildman–Crippen MR) is 209 cm³/mol. The Morgan fingerprint density at radius 3 is 1.55 bits per heavy atom. The molecule has 0 aliphatic carbocycles. The van der Waals surface area contributed by atoms with E-state index in [4.69, 9.17) is 9.97 Å². The third-order valence-electron chi connectivity index (χ3n) is 9.76. The number of hydrogen-bond acceptors (Lipinski definition) is 3. The van der Waals surface area contributed by atoms with Crippen molar-refractivity contribution in [2.75, 3.05) is 0 Å². The average molecular weight is 641 g/mol. The molecule has 0 saturated heterocycles. The molecule has 0 fully saturated rings. The number of nitrogens with zero attached hydrogens (tertiary/aromatic N) is 2. The molecule has 0 saturated carbocycles. The third-order valence-corrected chi connectivity index (χ3v) is 11.0. The minimum absolute atomic E-state index is 0.944. The second kappa shape index (κ2) is 11.2. The van der Waals surface area contributed by atoms with Crippen molar-refractivity contribution in [3.63, 3.8) is 0 Å². The van der Waals surface area contributed by atoms with Crippen molar-refractivity contribution in [3.8, 4) is 44.5 Å². The lowest BCUT2D eigenvalue weighted by Crippen LogP contribution is -1.89. The van der Waals surface area contributed by atoms with Gasteiger partial charge in [-0.25, -0.2) is 0 Å². The third kappa shape index (κ3) is 4.62. The van der Waals surface area contributed by atoms with E-state index in [0.717, 1.165) is 21.8 Å². The van der Waals surface area contributed by atoms with Gasteiger partial charge in [0.1, 0.15) is 0 Å². The van der Waals surface area contributed by atoms with Crippen molar-refractivity contribution < 1.29 is 0 Å². The summed E-state index contributed by atoms with van der Waals surface area (Å²) in [6.45, 7) is 0. The van der Waals surface area contributed by atoms with Gasteiger partial charge in [0.25, 0.3) is 0 Å². The Morgan fingerprint density at radius 2 is 0.837 bits per heavy atom. The minimum atomic E-state index is 0.944. The molecule has 0 spiro atoms. The van der Waals surface area contributed by atoms with Gasteiger partial charge in [0.2, 0.25) is 0 Å². The molecule has 0 bridgehead atoms. The fourth-order valence-electron chi connectivity index (χ4n) is 7.35. The van der Waals surface area contributed by atoms with Crippen LogP contribution in [0.25, 0.3) is 97.3 Å². The lowest BCUT2D eigenvalue weighted by atomic mass is 9.93. The van der Waals surface area contributed by atoms with E-state index in [1.807, 2.05) is 11.3 Å². The summed E-state index contributed by atoms with van der Waals surface area (Å²) < 4.78 is 2.62. The van der Waals surface area contributed by atoms with Gasteiger partial charge in [0.05, 0.1) is 11.0 Å². The molecule has 0 unspecified atom stereocenters. The zero-order chi connectivity index (χ0) is 32.3. The normalized spacial score (nSPS) is 11.7. The highest BCUT2D eigenvalue weighted by atomic mass is 32.1. The van der Waals surface area contributed by atoms with Gasteiger partial charge in [-0.3, -0.25) is 9.97 Å². The number of thiophene rings is 1. The smallest absolute Gasteiger partial charge is 0.0971 e. The molecular formula is C46H28N2S. The maximum atomic E-state index is 4.74. The number of fused-ring (bicyclic) bond motifs is 9. The summed E-state index contributed by atoms with van der Waals surface area (Å²) in [6, 6.07) is 57.4. The molecular weight excluding hydrogens is 613 g/mol. The molecule has 2 nitrogen and oxygen atoms in total. The van der Waals surface area contributed by atoms with Crippen molar-refractivity contribution >= 4 is 64.1 Å². The number of rotatable bonds is 4. The van der Waals surface area contributed by atoms with Crippen LogP contribution in [0.5, 0.6) is 0 Å². The molecule has 0 N–H and O–H groups in total. The number of hydrogen-bond donors (Lipinski definition) is 0. The van der Waals surface area contributed by atoms with Gasteiger partial charge < -0.3 is 0 Å². The van der Waals surface area contributed by atoms with Gasteiger partial charge in [0.15, 0.2) is 0 Å². The maximum Gasteiger partial charge on any atom is 0.0971 e. The van der Waals surface area contributed by atoms with Crippen LogP contribution in [0.15, 0.2) is 170 Å². The molecule has 0 atom stereocenters. The molecule has 228 valence electrons. The summed E-state index contributed by atoms with van der Waals surface area (Å²) in [6.07, 6.45) is 3.56.